The second-order valence-corrected chi connectivity index (χ2v) is 9.43. The van der Waals surface area contributed by atoms with Crippen LogP contribution in [-0.4, -0.2) is 63.0 Å². The van der Waals surface area contributed by atoms with E-state index < -0.39 is 23.4 Å². The first-order valence-electron chi connectivity index (χ1n) is 11.1. The molecule has 2 bridgehead atoms. The maximum absolute atomic E-state index is 13.6. The fraction of sp³-hybridized carbons (Fsp3) is 0.360. The van der Waals surface area contributed by atoms with Crippen molar-refractivity contribution in [1.82, 2.24) is 14.7 Å². The summed E-state index contributed by atoms with van der Waals surface area (Å²) < 4.78 is 0. The summed E-state index contributed by atoms with van der Waals surface area (Å²) in [4.78, 5) is 58.8. The van der Waals surface area contributed by atoms with E-state index in [1.165, 1.54) is 9.80 Å². The molecule has 4 amide bonds. The van der Waals surface area contributed by atoms with Crippen molar-refractivity contribution in [2.45, 2.75) is 32.0 Å². The number of fused-ring (bicyclic) bond motifs is 5. The SMILES string of the molecule is CCN1CC2C3C(=O)N(Cc4ccccc4)C(=O)C3[C@](C)(C1=O)N2C(=O)c1ccc(Cl)cc1. The minimum absolute atomic E-state index is 0.158. The van der Waals surface area contributed by atoms with Crippen LogP contribution < -0.4 is 0 Å². The van der Waals surface area contributed by atoms with Crippen molar-refractivity contribution in [1.29, 1.82) is 0 Å². The average molecular weight is 466 g/mol. The Kier molecular flexibility index (Phi) is 5.05. The number of carbonyl (C=O) groups is 4. The molecule has 3 aliphatic rings. The summed E-state index contributed by atoms with van der Waals surface area (Å²) in [5.41, 5.74) is -0.224. The molecule has 3 unspecified atom stereocenters. The highest BCUT2D eigenvalue weighted by atomic mass is 35.5. The lowest BCUT2D eigenvalue weighted by Crippen LogP contribution is -2.68. The first-order chi connectivity index (χ1) is 15.8. The molecule has 8 heteroatoms. The lowest BCUT2D eigenvalue weighted by atomic mass is 9.81. The topological polar surface area (TPSA) is 78.0 Å². The smallest absolute Gasteiger partial charge is 0.255 e. The number of piperazine rings is 1. The molecule has 170 valence electrons. The van der Waals surface area contributed by atoms with E-state index in [1.807, 2.05) is 37.3 Å². The first kappa shape index (κ1) is 21.6. The third-order valence-electron chi connectivity index (χ3n) is 7.30. The minimum Gasteiger partial charge on any atom is -0.339 e. The summed E-state index contributed by atoms with van der Waals surface area (Å²) in [6.45, 7) is 4.33. The molecule has 3 fully saturated rings. The van der Waals surface area contributed by atoms with E-state index >= 15 is 0 Å². The molecule has 7 nitrogen and oxygen atoms in total. The lowest BCUT2D eigenvalue weighted by Gasteiger charge is -2.47. The molecule has 0 radical (unpaired) electrons. The molecule has 0 spiro atoms. The van der Waals surface area contributed by atoms with E-state index in [2.05, 4.69) is 0 Å². The molecule has 2 aromatic rings. The van der Waals surface area contributed by atoms with Crippen LogP contribution in [0.5, 0.6) is 0 Å². The lowest BCUT2D eigenvalue weighted by molar-refractivity contribution is -0.155. The number of hydrogen-bond acceptors (Lipinski definition) is 4. The van der Waals surface area contributed by atoms with E-state index in [0.717, 1.165) is 5.56 Å². The van der Waals surface area contributed by atoms with Gasteiger partial charge in [0, 0.05) is 23.7 Å². The maximum atomic E-state index is 13.6. The Morgan fingerprint density at radius 2 is 1.70 bits per heavy atom. The number of carbonyl (C=O) groups excluding carboxylic acids is 4. The van der Waals surface area contributed by atoms with E-state index in [1.54, 1.807) is 36.1 Å². The Balaban J connectivity index is 1.56. The van der Waals surface area contributed by atoms with Gasteiger partial charge in [-0.3, -0.25) is 24.1 Å². The predicted molar refractivity (Wildman–Crippen MR) is 121 cm³/mol. The molecule has 2 aromatic carbocycles. The van der Waals surface area contributed by atoms with Crippen molar-refractivity contribution >= 4 is 35.2 Å². The quantitative estimate of drug-likeness (QED) is 0.650. The number of likely N-dealkylation sites (tertiary alicyclic amines) is 2. The number of likely N-dealkylation sites (N-methyl/N-ethyl adjacent to an activating group) is 1. The zero-order valence-corrected chi connectivity index (χ0v) is 19.2. The maximum Gasteiger partial charge on any atom is 0.255 e. The van der Waals surface area contributed by atoms with Crippen LogP contribution in [0.15, 0.2) is 54.6 Å². The van der Waals surface area contributed by atoms with E-state index in [-0.39, 0.29) is 36.7 Å². The number of halogens is 1. The van der Waals surface area contributed by atoms with Gasteiger partial charge in [-0.05, 0) is 43.7 Å². The second kappa shape index (κ2) is 7.70. The minimum atomic E-state index is -1.43. The van der Waals surface area contributed by atoms with Gasteiger partial charge < -0.3 is 9.80 Å². The van der Waals surface area contributed by atoms with Gasteiger partial charge in [-0.25, -0.2) is 0 Å². The molecule has 0 N–H and O–H groups in total. The van der Waals surface area contributed by atoms with E-state index in [4.69, 9.17) is 11.6 Å². The van der Waals surface area contributed by atoms with Gasteiger partial charge in [0.15, 0.2) is 0 Å². The van der Waals surface area contributed by atoms with E-state index in [0.29, 0.717) is 17.1 Å². The number of nitrogens with zero attached hydrogens (tertiary/aromatic N) is 3. The van der Waals surface area contributed by atoms with Crippen LogP contribution in [0.2, 0.25) is 5.02 Å². The summed E-state index contributed by atoms with van der Waals surface area (Å²) in [6, 6.07) is 15.2. The average Bonchev–Trinajstić information content (AvgIpc) is 3.19. The van der Waals surface area contributed by atoms with Gasteiger partial charge in [-0.1, -0.05) is 41.9 Å². The molecular formula is C25H24ClN3O4. The fourth-order valence-corrected chi connectivity index (χ4v) is 5.86. The molecule has 0 aliphatic carbocycles. The van der Waals surface area contributed by atoms with Crippen LogP contribution in [0.1, 0.15) is 29.8 Å². The van der Waals surface area contributed by atoms with Crippen molar-refractivity contribution in [3.8, 4) is 0 Å². The summed E-state index contributed by atoms with van der Waals surface area (Å²) in [7, 11) is 0. The standard InChI is InChI=1S/C25H24ClN3O4/c1-3-27-14-18-19-20(23(32)28(22(19)31)13-15-7-5-4-6-8-15)25(2,24(27)33)29(18)21(30)16-9-11-17(26)12-10-16/h4-12,18-20H,3,13-14H2,1-2H3/t18?,19?,20?,25-/m1/s1. The zero-order chi connectivity index (χ0) is 23.5. The number of benzene rings is 2. The molecule has 3 aliphatic heterocycles. The van der Waals surface area contributed by atoms with Gasteiger partial charge in [0.05, 0.1) is 24.4 Å². The second-order valence-electron chi connectivity index (χ2n) is 8.99. The number of imide groups is 1. The van der Waals surface area contributed by atoms with Crippen molar-refractivity contribution in [2.75, 3.05) is 13.1 Å². The van der Waals surface area contributed by atoms with Crippen molar-refractivity contribution in [3.05, 3.63) is 70.7 Å². The first-order valence-corrected chi connectivity index (χ1v) is 11.4. The zero-order valence-electron chi connectivity index (χ0n) is 18.4. The molecule has 3 heterocycles. The summed E-state index contributed by atoms with van der Waals surface area (Å²) in [6.07, 6.45) is 0. The third kappa shape index (κ3) is 3.02. The summed E-state index contributed by atoms with van der Waals surface area (Å²) in [5, 5.41) is 0.492. The molecule has 0 aromatic heterocycles. The Morgan fingerprint density at radius 1 is 1.03 bits per heavy atom. The van der Waals surface area contributed by atoms with Gasteiger partial charge in [0.2, 0.25) is 17.7 Å². The number of amides is 4. The van der Waals surface area contributed by atoms with Crippen molar-refractivity contribution in [2.24, 2.45) is 11.8 Å². The van der Waals surface area contributed by atoms with Gasteiger partial charge in [-0.15, -0.1) is 0 Å². The fourth-order valence-electron chi connectivity index (χ4n) is 5.73. The highest BCUT2D eigenvalue weighted by Crippen LogP contribution is 2.52. The predicted octanol–water partition coefficient (Wildman–Crippen LogP) is 2.59. The van der Waals surface area contributed by atoms with Crippen molar-refractivity contribution < 1.29 is 19.2 Å². The Labute approximate surface area is 196 Å². The third-order valence-corrected chi connectivity index (χ3v) is 7.55. The van der Waals surface area contributed by atoms with Crippen LogP contribution in [0.25, 0.3) is 0 Å². The van der Waals surface area contributed by atoms with Crippen LogP contribution in [0.4, 0.5) is 0 Å². The van der Waals surface area contributed by atoms with Crippen LogP contribution in [0.3, 0.4) is 0 Å². The largest absolute Gasteiger partial charge is 0.339 e. The van der Waals surface area contributed by atoms with Crippen LogP contribution >= 0.6 is 11.6 Å². The summed E-state index contributed by atoms with van der Waals surface area (Å²) in [5.74, 6) is -3.02. The normalized spacial score (nSPS) is 28.5. The van der Waals surface area contributed by atoms with Crippen LogP contribution in [-0.2, 0) is 20.9 Å². The molecule has 0 saturated carbocycles. The monoisotopic (exact) mass is 465 g/mol. The molecular weight excluding hydrogens is 442 g/mol. The Hall–Kier alpha value is -3.19. The molecule has 3 saturated heterocycles. The molecule has 4 atom stereocenters. The van der Waals surface area contributed by atoms with Gasteiger partial charge in [0.1, 0.15) is 5.54 Å². The highest BCUT2D eigenvalue weighted by molar-refractivity contribution is 6.30. The van der Waals surface area contributed by atoms with Gasteiger partial charge in [0.25, 0.3) is 5.91 Å². The summed E-state index contributed by atoms with van der Waals surface area (Å²) >= 11 is 5.98. The van der Waals surface area contributed by atoms with Crippen molar-refractivity contribution in [3.63, 3.8) is 0 Å². The van der Waals surface area contributed by atoms with Gasteiger partial charge in [-0.2, -0.15) is 0 Å². The van der Waals surface area contributed by atoms with Crippen LogP contribution in [0, 0.1) is 11.8 Å². The highest BCUT2D eigenvalue weighted by Gasteiger charge is 2.73. The Bertz CT molecular complexity index is 1150. The molecule has 5 rings (SSSR count). The Morgan fingerprint density at radius 3 is 2.33 bits per heavy atom. The number of rotatable bonds is 4. The van der Waals surface area contributed by atoms with E-state index in [9.17, 15) is 19.2 Å². The van der Waals surface area contributed by atoms with Gasteiger partial charge >= 0.3 is 0 Å². The molecule has 33 heavy (non-hydrogen) atoms. The number of hydrogen-bond donors (Lipinski definition) is 0.